The lowest BCUT2D eigenvalue weighted by molar-refractivity contribution is -0.125. The first-order valence-electron chi connectivity index (χ1n) is 7.50. The highest BCUT2D eigenvalue weighted by atomic mass is 16.2. The number of rotatable bonds is 3. The van der Waals surface area contributed by atoms with Crippen LogP contribution in [-0.2, 0) is 4.79 Å². The van der Waals surface area contributed by atoms with Crippen LogP contribution in [0.5, 0.6) is 0 Å². The minimum atomic E-state index is 0.0902. The lowest BCUT2D eigenvalue weighted by Crippen LogP contribution is -2.54. The Bertz CT molecular complexity index is 704. The van der Waals surface area contributed by atoms with Crippen LogP contribution in [0.1, 0.15) is 18.5 Å². The van der Waals surface area contributed by atoms with E-state index in [4.69, 9.17) is 0 Å². The first-order chi connectivity index (χ1) is 10.2. The third kappa shape index (κ3) is 2.22. The van der Waals surface area contributed by atoms with Crippen molar-refractivity contribution in [2.75, 3.05) is 18.0 Å². The van der Waals surface area contributed by atoms with Crippen molar-refractivity contribution in [1.29, 1.82) is 0 Å². The van der Waals surface area contributed by atoms with Crippen molar-refractivity contribution in [3.63, 3.8) is 0 Å². The van der Waals surface area contributed by atoms with Gasteiger partial charge in [0.15, 0.2) is 5.82 Å². The third-order valence-electron chi connectivity index (χ3n) is 4.33. The number of amides is 1. The second kappa shape index (κ2) is 4.69. The lowest BCUT2D eigenvalue weighted by atomic mass is 9.98. The number of benzene rings is 1. The van der Waals surface area contributed by atoms with Crippen molar-refractivity contribution in [1.82, 2.24) is 15.5 Å². The molecule has 1 aliphatic heterocycles. The van der Waals surface area contributed by atoms with Gasteiger partial charge in [-0.05, 0) is 19.8 Å². The molecule has 21 heavy (non-hydrogen) atoms. The second-order valence-electron chi connectivity index (χ2n) is 6.04. The Kier molecular flexibility index (Phi) is 2.80. The van der Waals surface area contributed by atoms with E-state index in [1.54, 1.807) is 0 Å². The molecular weight excluding hydrogens is 264 g/mol. The predicted molar refractivity (Wildman–Crippen MR) is 81.1 cm³/mol. The van der Waals surface area contributed by atoms with E-state index < -0.39 is 0 Å². The van der Waals surface area contributed by atoms with Crippen LogP contribution in [0.4, 0.5) is 5.82 Å². The van der Waals surface area contributed by atoms with Gasteiger partial charge < -0.3 is 10.2 Å². The highest BCUT2D eigenvalue weighted by molar-refractivity contribution is 5.94. The molecular formula is C16H18N4O. The Morgan fingerprint density at radius 1 is 1.19 bits per heavy atom. The highest BCUT2D eigenvalue weighted by Gasteiger charge is 2.36. The molecule has 1 aromatic carbocycles. The lowest BCUT2D eigenvalue weighted by Gasteiger charge is -2.39. The summed E-state index contributed by atoms with van der Waals surface area (Å²) in [5.41, 5.74) is 0.942. The van der Waals surface area contributed by atoms with Gasteiger partial charge >= 0.3 is 0 Å². The van der Waals surface area contributed by atoms with Gasteiger partial charge in [-0.25, -0.2) is 0 Å². The molecule has 108 valence electrons. The van der Waals surface area contributed by atoms with Crippen molar-refractivity contribution in [2.24, 2.45) is 5.92 Å². The number of carbonyl (C=O) groups excluding carboxylic acids is 1. The van der Waals surface area contributed by atoms with Crippen molar-refractivity contribution in [2.45, 2.75) is 25.8 Å². The minimum absolute atomic E-state index is 0.0902. The van der Waals surface area contributed by atoms with E-state index >= 15 is 0 Å². The number of aromatic nitrogens is 2. The van der Waals surface area contributed by atoms with Crippen molar-refractivity contribution in [3.05, 3.63) is 30.0 Å². The van der Waals surface area contributed by atoms with Crippen LogP contribution in [0.3, 0.4) is 0 Å². The van der Waals surface area contributed by atoms with Crippen LogP contribution < -0.4 is 10.2 Å². The van der Waals surface area contributed by atoms with Gasteiger partial charge in [-0.2, -0.15) is 5.10 Å². The molecule has 1 amide bonds. The van der Waals surface area contributed by atoms with E-state index in [2.05, 4.69) is 32.5 Å². The first kappa shape index (κ1) is 12.6. The summed E-state index contributed by atoms with van der Waals surface area (Å²) in [4.78, 5) is 14.1. The number of hydrogen-bond donors (Lipinski definition) is 1. The molecule has 0 atom stereocenters. The fourth-order valence-corrected chi connectivity index (χ4v) is 2.82. The fraction of sp³-hybridized carbons (Fsp3) is 0.438. The van der Waals surface area contributed by atoms with Crippen LogP contribution in [0, 0.1) is 12.8 Å². The Balaban J connectivity index is 1.53. The zero-order chi connectivity index (χ0) is 14.4. The number of hydrogen-bond acceptors (Lipinski definition) is 4. The normalized spacial score (nSPS) is 18.6. The van der Waals surface area contributed by atoms with Gasteiger partial charge in [0.25, 0.3) is 0 Å². The highest BCUT2D eigenvalue weighted by Crippen LogP contribution is 2.30. The maximum atomic E-state index is 12.0. The van der Waals surface area contributed by atoms with E-state index in [-0.39, 0.29) is 11.8 Å². The topological polar surface area (TPSA) is 58.1 Å². The van der Waals surface area contributed by atoms with Gasteiger partial charge in [-0.1, -0.05) is 24.3 Å². The minimum Gasteiger partial charge on any atom is -0.353 e. The quantitative estimate of drug-likeness (QED) is 0.930. The Morgan fingerprint density at radius 2 is 1.90 bits per heavy atom. The van der Waals surface area contributed by atoms with Gasteiger partial charge in [0.2, 0.25) is 5.91 Å². The zero-order valence-corrected chi connectivity index (χ0v) is 12.0. The number of aryl methyl sites for hydroxylation is 1. The van der Waals surface area contributed by atoms with Gasteiger partial charge in [0.1, 0.15) is 0 Å². The summed E-state index contributed by atoms with van der Waals surface area (Å²) in [5.74, 6) is 1.18. The summed E-state index contributed by atoms with van der Waals surface area (Å²) in [7, 11) is 0. The van der Waals surface area contributed by atoms with Crippen LogP contribution in [0.2, 0.25) is 0 Å². The van der Waals surface area contributed by atoms with E-state index in [9.17, 15) is 4.79 Å². The van der Waals surface area contributed by atoms with Crippen molar-refractivity contribution >= 4 is 22.5 Å². The molecule has 4 rings (SSSR count). The monoisotopic (exact) mass is 282 g/mol. The SMILES string of the molecule is Cc1nnc(N2CC(C(=O)NC3CC3)C2)c2ccccc12. The number of fused-ring (bicyclic) bond motifs is 1. The molecule has 5 nitrogen and oxygen atoms in total. The molecule has 2 aliphatic rings. The van der Waals surface area contributed by atoms with Crippen LogP contribution in [-0.4, -0.2) is 35.2 Å². The zero-order valence-electron chi connectivity index (χ0n) is 12.0. The largest absolute Gasteiger partial charge is 0.353 e. The molecule has 2 fully saturated rings. The molecule has 2 aromatic rings. The molecule has 1 saturated heterocycles. The number of nitrogens with zero attached hydrogens (tertiary/aromatic N) is 3. The van der Waals surface area contributed by atoms with E-state index in [1.165, 1.54) is 0 Å². The molecule has 0 radical (unpaired) electrons. The van der Waals surface area contributed by atoms with Crippen molar-refractivity contribution < 1.29 is 4.79 Å². The van der Waals surface area contributed by atoms with Gasteiger partial charge in [0, 0.05) is 29.9 Å². The molecule has 2 heterocycles. The number of carbonyl (C=O) groups is 1. The smallest absolute Gasteiger partial charge is 0.226 e. The molecule has 0 unspecified atom stereocenters. The first-order valence-corrected chi connectivity index (χ1v) is 7.50. The van der Waals surface area contributed by atoms with Crippen LogP contribution >= 0.6 is 0 Å². The van der Waals surface area contributed by atoms with E-state index in [1.807, 2.05) is 19.1 Å². The van der Waals surface area contributed by atoms with Gasteiger partial charge in [-0.3, -0.25) is 4.79 Å². The molecule has 1 aliphatic carbocycles. The number of anilines is 1. The van der Waals surface area contributed by atoms with Gasteiger partial charge in [-0.15, -0.1) is 5.10 Å². The summed E-state index contributed by atoms with van der Waals surface area (Å²) in [6.45, 7) is 3.45. The predicted octanol–water partition coefficient (Wildman–Crippen LogP) is 1.65. The summed E-state index contributed by atoms with van der Waals surface area (Å²) < 4.78 is 0. The maximum absolute atomic E-state index is 12.0. The summed E-state index contributed by atoms with van der Waals surface area (Å²) >= 11 is 0. The third-order valence-corrected chi connectivity index (χ3v) is 4.33. The Labute approximate surface area is 123 Å². The average molecular weight is 282 g/mol. The van der Waals surface area contributed by atoms with Crippen LogP contribution in [0.15, 0.2) is 24.3 Å². The molecule has 0 spiro atoms. The van der Waals surface area contributed by atoms with Crippen LogP contribution in [0.25, 0.3) is 10.8 Å². The van der Waals surface area contributed by atoms with Crippen molar-refractivity contribution in [3.8, 4) is 0 Å². The summed E-state index contributed by atoms with van der Waals surface area (Å²) in [6, 6.07) is 8.61. The Hall–Kier alpha value is -2.17. The standard InChI is InChI=1S/C16H18N4O/c1-10-13-4-2-3-5-14(13)15(19-18-10)20-8-11(9-20)16(21)17-12-6-7-12/h2-5,11-12H,6-9H2,1H3,(H,17,21). The molecule has 1 saturated carbocycles. The maximum Gasteiger partial charge on any atom is 0.226 e. The fourth-order valence-electron chi connectivity index (χ4n) is 2.82. The van der Waals surface area contributed by atoms with E-state index in [0.29, 0.717) is 6.04 Å². The van der Waals surface area contributed by atoms with Gasteiger partial charge in [0.05, 0.1) is 11.6 Å². The van der Waals surface area contributed by atoms with E-state index in [0.717, 1.165) is 48.2 Å². The molecule has 5 heteroatoms. The molecule has 1 N–H and O–H groups in total. The molecule has 0 bridgehead atoms. The average Bonchev–Trinajstić information content (AvgIpc) is 3.24. The number of nitrogens with one attached hydrogen (secondary N) is 1. The summed E-state index contributed by atoms with van der Waals surface area (Å²) in [5, 5.41) is 13.9. The summed E-state index contributed by atoms with van der Waals surface area (Å²) in [6.07, 6.45) is 2.27. The Morgan fingerprint density at radius 3 is 2.62 bits per heavy atom. The molecule has 1 aromatic heterocycles. The second-order valence-corrected chi connectivity index (χ2v) is 6.04.